The van der Waals surface area contributed by atoms with E-state index >= 15 is 0 Å². The van der Waals surface area contributed by atoms with Gasteiger partial charge in [0.05, 0.1) is 119 Å². The van der Waals surface area contributed by atoms with E-state index in [2.05, 4.69) is 23.0 Å². The first-order chi connectivity index (χ1) is 26.8. The van der Waals surface area contributed by atoms with Gasteiger partial charge in [-0.05, 0) is 0 Å². The first kappa shape index (κ1) is 55.0. The predicted molar refractivity (Wildman–Crippen MR) is 183 cm³/mol. The third-order valence-electron chi connectivity index (χ3n) is 6.67. The van der Waals surface area contributed by atoms with Crippen molar-refractivity contribution < 1.29 is 133 Å². The summed E-state index contributed by atoms with van der Waals surface area (Å²) < 4.78 is 118. The van der Waals surface area contributed by atoms with Crippen molar-refractivity contribution in [2.75, 3.05) is 126 Å². The minimum atomic E-state index is -5.79. The van der Waals surface area contributed by atoms with E-state index in [1.807, 2.05) is 0 Å². The minimum Gasteiger partial charge on any atom is -0.382 e. The van der Waals surface area contributed by atoms with Crippen molar-refractivity contribution >= 4 is 31.3 Å². The van der Waals surface area contributed by atoms with E-state index < -0.39 is 74.5 Å². The monoisotopic (exact) mass is 926 g/mol. The summed E-state index contributed by atoms with van der Waals surface area (Å²) in [5.41, 5.74) is 0. The quantitative estimate of drug-likeness (QED) is 0.0140. The third kappa shape index (κ3) is 29.0. The Morgan fingerprint density at radius 2 is 0.544 bits per heavy atom. The van der Waals surface area contributed by atoms with Gasteiger partial charge in [0.2, 0.25) is 0 Å². The van der Waals surface area contributed by atoms with Gasteiger partial charge in [0.25, 0.3) is 0 Å². The van der Waals surface area contributed by atoms with Gasteiger partial charge in [0.1, 0.15) is 30.5 Å². The molecule has 0 radical (unpaired) electrons. The summed E-state index contributed by atoms with van der Waals surface area (Å²) in [4.78, 5) is 79.4. The minimum absolute atomic E-state index is 0.0461. The molecule has 0 spiro atoms. The normalized spacial score (nSPS) is 22.4. The third-order valence-corrected chi connectivity index (χ3v) is 8.75. The number of phosphoric ester groups is 4. The maximum Gasteiger partial charge on any atom is 0.470 e. The highest BCUT2D eigenvalue weighted by Gasteiger charge is 2.61. The molecule has 9 N–H and O–H groups in total. The molecule has 1 rings (SSSR count). The Kier molecular flexibility index (Phi) is 29.0. The number of hydrogen-bond acceptors (Lipinski definition) is 20. The number of rotatable bonds is 37. The van der Waals surface area contributed by atoms with E-state index in [4.69, 9.17) is 47.4 Å². The highest BCUT2D eigenvalue weighted by molar-refractivity contribution is 7.47. The fraction of sp³-hybridized carbons (Fsp3) is 1.00. The maximum atomic E-state index is 11.8. The van der Waals surface area contributed by atoms with Crippen LogP contribution in [0.5, 0.6) is 0 Å². The van der Waals surface area contributed by atoms with Crippen molar-refractivity contribution in [3.63, 3.8) is 0 Å². The molecule has 28 nitrogen and oxygen atoms in total. The van der Waals surface area contributed by atoms with E-state index in [-0.39, 0.29) is 39.6 Å². The number of methoxy groups -OCH3 is 1. The van der Waals surface area contributed by atoms with E-state index in [9.17, 15) is 62.7 Å². The highest BCUT2D eigenvalue weighted by atomic mass is 31.2. The van der Waals surface area contributed by atoms with Crippen LogP contribution in [-0.2, 0) is 88.6 Å². The van der Waals surface area contributed by atoms with Crippen LogP contribution in [-0.4, -0.2) is 207 Å². The Bertz CT molecular complexity index is 1210. The first-order valence-corrected chi connectivity index (χ1v) is 22.9. The molecule has 57 heavy (non-hydrogen) atoms. The lowest BCUT2D eigenvalue weighted by Crippen LogP contribution is -2.66. The number of ether oxygens (including phenoxy) is 10. The molecule has 0 bridgehead atoms. The van der Waals surface area contributed by atoms with Gasteiger partial charge in [0.15, 0.2) is 6.10 Å². The Balaban J connectivity index is 2.39. The molecule has 0 amide bonds. The lowest BCUT2D eigenvalue weighted by Gasteiger charge is -2.47. The van der Waals surface area contributed by atoms with Gasteiger partial charge < -0.3 is 86.5 Å². The van der Waals surface area contributed by atoms with Crippen molar-refractivity contribution in [2.45, 2.75) is 36.6 Å². The van der Waals surface area contributed by atoms with Crippen LogP contribution in [0.2, 0.25) is 0 Å². The molecule has 32 heteroatoms. The van der Waals surface area contributed by atoms with Crippen molar-refractivity contribution in [3.05, 3.63) is 0 Å². The smallest absolute Gasteiger partial charge is 0.382 e. The Morgan fingerprint density at radius 3 is 0.772 bits per heavy atom. The fourth-order valence-electron chi connectivity index (χ4n) is 4.57. The average molecular weight is 927 g/mol. The highest BCUT2D eigenvalue weighted by Crippen LogP contribution is 2.53. The maximum absolute atomic E-state index is 11.8. The van der Waals surface area contributed by atoms with Gasteiger partial charge in [-0.2, -0.15) is 0 Å². The lowest BCUT2D eigenvalue weighted by molar-refractivity contribution is -0.347. The summed E-state index contributed by atoms with van der Waals surface area (Å²) >= 11 is 0. The molecular weight excluding hydrogens is 872 g/mol. The Hall–Kier alpha value is -0.0400. The molecule has 0 heterocycles. The van der Waals surface area contributed by atoms with Gasteiger partial charge in [-0.1, -0.05) is 0 Å². The molecule has 6 atom stereocenters. The molecule has 1 aliphatic carbocycles. The molecule has 1 saturated carbocycles. The number of phosphoric acid groups is 4. The molecule has 6 unspecified atom stereocenters. The van der Waals surface area contributed by atoms with Crippen molar-refractivity contribution in [3.8, 4) is 0 Å². The van der Waals surface area contributed by atoms with Crippen LogP contribution in [0.25, 0.3) is 0 Å². The van der Waals surface area contributed by atoms with Gasteiger partial charge >= 0.3 is 31.3 Å². The first-order valence-electron chi connectivity index (χ1n) is 16.8. The molecule has 1 aliphatic rings. The molecule has 1 fully saturated rings. The Morgan fingerprint density at radius 1 is 0.333 bits per heavy atom. The summed E-state index contributed by atoms with van der Waals surface area (Å²) in [6.45, 7) is 4.51. The van der Waals surface area contributed by atoms with Crippen molar-refractivity contribution in [2.24, 2.45) is 0 Å². The second-order valence-electron chi connectivity index (χ2n) is 11.0. The topological polar surface area (TPSA) is 389 Å². The summed E-state index contributed by atoms with van der Waals surface area (Å²) in [6, 6.07) is 0. The van der Waals surface area contributed by atoms with Crippen LogP contribution in [0.1, 0.15) is 0 Å². The van der Waals surface area contributed by atoms with Gasteiger partial charge in [0, 0.05) is 7.11 Å². The SMILES string of the molecule is COCCOCCOCCOCCOCCOCCOCCOCCOCCOC1C(OO)C(OP(=O)(O)O)C(OP(=O)(O)O)C(OP(=O)(O)O)C1OP(=O)(O)O. The van der Waals surface area contributed by atoms with E-state index in [0.29, 0.717) is 72.7 Å². The molecule has 0 aromatic heterocycles. The number of hydrogen-bond donors (Lipinski definition) is 9. The summed E-state index contributed by atoms with van der Waals surface area (Å²) in [5, 5.41) is 9.59. The zero-order valence-electron chi connectivity index (χ0n) is 30.8. The fourth-order valence-corrected chi connectivity index (χ4v) is 6.80. The molecule has 342 valence electrons. The van der Waals surface area contributed by atoms with E-state index in [0.717, 1.165) is 0 Å². The van der Waals surface area contributed by atoms with Crippen molar-refractivity contribution in [1.82, 2.24) is 0 Å². The molecule has 0 aliphatic heterocycles. The van der Waals surface area contributed by atoms with Gasteiger partial charge in [-0.3, -0.25) is 23.4 Å². The second kappa shape index (κ2) is 30.1. The van der Waals surface area contributed by atoms with E-state index in [1.165, 1.54) is 0 Å². The summed E-state index contributed by atoms with van der Waals surface area (Å²) in [6.07, 6.45) is -15.2. The summed E-state index contributed by atoms with van der Waals surface area (Å²) in [5.74, 6) is 0. The van der Waals surface area contributed by atoms with Crippen LogP contribution >= 0.6 is 31.3 Å². The zero-order valence-corrected chi connectivity index (χ0v) is 34.3. The molecular formula is C25H54O28P4. The van der Waals surface area contributed by atoms with Gasteiger partial charge in [-0.15, -0.1) is 0 Å². The predicted octanol–water partition coefficient (Wildman–Crippen LogP) is -2.07. The van der Waals surface area contributed by atoms with E-state index in [1.54, 1.807) is 7.11 Å². The Labute approximate surface area is 326 Å². The summed E-state index contributed by atoms with van der Waals surface area (Å²) in [7, 11) is -21.4. The van der Waals surface area contributed by atoms with Crippen LogP contribution < -0.4 is 0 Å². The standard InChI is InChI=1S/C25H54O28P4/c1-39-2-3-40-4-5-41-6-7-42-8-9-43-10-11-44-12-13-45-14-15-46-16-17-47-18-19-48-20-21(49-26)23(51-55(30,31)32)25(53-57(36,37)38)24(52-56(33,34)35)22(20)50-54(27,28)29/h20-26H,2-19H2,1H3,(H2,27,28,29)(H2,30,31,32)(H2,33,34,35)(H2,36,37,38). The largest absolute Gasteiger partial charge is 0.470 e. The van der Waals surface area contributed by atoms with Crippen LogP contribution in [0, 0.1) is 0 Å². The van der Waals surface area contributed by atoms with Crippen LogP contribution in [0.15, 0.2) is 0 Å². The molecule has 0 aromatic carbocycles. The molecule has 0 saturated heterocycles. The second-order valence-corrected chi connectivity index (χ2v) is 15.8. The average Bonchev–Trinajstić information content (AvgIpc) is 3.08. The van der Waals surface area contributed by atoms with Crippen molar-refractivity contribution in [1.29, 1.82) is 0 Å². The molecule has 0 aromatic rings. The lowest BCUT2D eigenvalue weighted by atomic mass is 9.85. The van der Waals surface area contributed by atoms with Crippen LogP contribution in [0.4, 0.5) is 0 Å². The zero-order chi connectivity index (χ0) is 42.8. The van der Waals surface area contributed by atoms with Crippen LogP contribution in [0.3, 0.4) is 0 Å². The van der Waals surface area contributed by atoms with Gasteiger partial charge in [-0.25, -0.2) is 23.1 Å².